The van der Waals surface area contributed by atoms with Crippen molar-refractivity contribution in [2.75, 3.05) is 23.8 Å². The van der Waals surface area contributed by atoms with Crippen LogP contribution < -0.4 is 21.7 Å². The van der Waals surface area contributed by atoms with Gasteiger partial charge in [0.2, 0.25) is 5.91 Å². The van der Waals surface area contributed by atoms with Crippen LogP contribution in [0.4, 0.5) is 16.2 Å². The number of hydrogen-bond donors (Lipinski definition) is 4. The maximum absolute atomic E-state index is 12.1. The second kappa shape index (κ2) is 6.36. The molecule has 7 heteroatoms. The van der Waals surface area contributed by atoms with Crippen LogP contribution in [-0.4, -0.2) is 37.2 Å². The van der Waals surface area contributed by atoms with Gasteiger partial charge in [0.15, 0.2) is 0 Å². The highest BCUT2D eigenvalue weighted by atomic mass is 16.5. The molecule has 0 bridgehead atoms. The van der Waals surface area contributed by atoms with Gasteiger partial charge >= 0.3 is 6.03 Å². The predicted molar refractivity (Wildman–Crippen MR) is 75.5 cm³/mol. The third-order valence-corrected chi connectivity index (χ3v) is 3.02. The molecule has 0 aromatic heterocycles. The van der Waals surface area contributed by atoms with Crippen LogP contribution in [0.15, 0.2) is 24.3 Å². The number of rotatable bonds is 3. The van der Waals surface area contributed by atoms with Crippen LogP contribution in [-0.2, 0) is 9.53 Å². The summed E-state index contributed by atoms with van der Waals surface area (Å²) in [7, 11) is 0. The van der Waals surface area contributed by atoms with Gasteiger partial charge in [-0.25, -0.2) is 4.79 Å². The number of anilines is 2. The number of hydrogen-bond acceptors (Lipinski definition) is 4. The summed E-state index contributed by atoms with van der Waals surface area (Å²) in [5.41, 5.74) is 6.23. The molecule has 0 unspecified atom stereocenters. The summed E-state index contributed by atoms with van der Waals surface area (Å²) < 4.78 is 5.43. The average molecular weight is 278 g/mol. The van der Waals surface area contributed by atoms with Crippen LogP contribution in [0.5, 0.6) is 0 Å². The number of benzene rings is 1. The Labute approximate surface area is 116 Å². The first kappa shape index (κ1) is 14.3. The molecular formula is C13H18N4O3. The lowest BCUT2D eigenvalue weighted by atomic mass is 10.1. The number of urea groups is 1. The molecule has 1 aliphatic heterocycles. The minimum Gasteiger partial charge on any atom is -0.375 e. The van der Waals surface area contributed by atoms with Gasteiger partial charge in [0, 0.05) is 17.9 Å². The minimum absolute atomic E-state index is 0.146. The summed E-state index contributed by atoms with van der Waals surface area (Å²) in [6, 6.07) is 5.71. The van der Waals surface area contributed by atoms with E-state index in [9.17, 15) is 9.59 Å². The highest BCUT2D eigenvalue weighted by Crippen LogP contribution is 2.14. The van der Waals surface area contributed by atoms with Crippen molar-refractivity contribution in [2.24, 2.45) is 5.73 Å². The molecule has 7 nitrogen and oxygen atoms in total. The zero-order valence-electron chi connectivity index (χ0n) is 11.2. The van der Waals surface area contributed by atoms with Gasteiger partial charge < -0.3 is 26.4 Å². The maximum Gasteiger partial charge on any atom is 0.316 e. The molecule has 2 rings (SSSR count). The highest BCUT2D eigenvalue weighted by molar-refractivity contribution is 5.95. The average Bonchev–Trinajstić information content (AvgIpc) is 2.41. The summed E-state index contributed by atoms with van der Waals surface area (Å²) in [6.07, 6.45) is -0.167. The van der Waals surface area contributed by atoms with Crippen molar-refractivity contribution in [3.63, 3.8) is 0 Å². The monoisotopic (exact) mass is 278 g/mol. The Morgan fingerprint density at radius 3 is 2.40 bits per heavy atom. The van der Waals surface area contributed by atoms with Crippen LogP contribution in [0.3, 0.4) is 0 Å². The number of ether oxygens (including phenoxy) is 1. The molecule has 1 fully saturated rings. The van der Waals surface area contributed by atoms with Gasteiger partial charge in [-0.2, -0.15) is 0 Å². The molecule has 0 aliphatic carbocycles. The third kappa shape index (κ3) is 3.69. The normalized spacial score (nSPS) is 22.1. The van der Waals surface area contributed by atoms with Crippen LogP contribution >= 0.6 is 0 Å². The first-order chi connectivity index (χ1) is 9.56. The first-order valence-corrected chi connectivity index (χ1v) is 6.38. The van der Waals surface area contributed by atoms with E-state index in [1.54, 1.807) is 24.3 Å². The molecule has 20 heavy (non-hydrogen) atoms. The van der Waals surface area contributed by atoms with Crippen LogP contribution in [0.1, 0.15) is 6.92 Å². The fraction of sp³-hybridized carbons (Fsp3) is 0.385. The fourth-order valence-electron chi connectivity index (χ4n) is 2.03. The van der Waals surface area contributed by atoms with Crippen molar-refractivity contribution in [3.05, 3.63) is 24.3 Å². The Morgan fingerprint density at radius 2 is 1.85 bits per heavy atom. The zero-order valence-corrected chi connectivity index (χ0v) is 11.2. The lowest BCUT2D eigenvalue weighted by molar-refractivity contribution is -0.123. The molecule has 1 heterocycles. The smallest absolute Gasteiger partial charge is 0.316 e. The molecule has 0 radical (unpaired) electrons. The van der Waals surface area contributed by atoms with Gasteiger partial charge in [0.05, 0.1) is 12.7 Å². The van der Waals surface area contributed by atoms with E-state index in [4.69, 9.17) is 10.5 Å². The van der Waals surface area contributed by atoms with Gasteiger partial charge in [0.1, 0.15) is 6.04 Å². The van der Waals surface area contributed by atoms with Crippen molar-refractivity contribution in [1.29, 1.82) is 0 Å². The van der Waals surface area contributed by atoms with E-state index < -0.39 is 6.03 Å². The summed E-state index contributed by atoms with van der Waals surface area (Å²) in [5.74, 6) is -0.146. The SMILES string of the molecule is C[C@H]1OCCN[C@@H]1C(=O)Nc1ccc(NC(N)=O)cc1. The van der Waals surface area contributed by atoms with E-state index in [0.717, 1.165) is 0 Å². The summed E-state index contributed by atoms with van der Waals surface area (Å²) in [6.45, 7) is 3.12. The number of amides is 3. The Bertz CT molecular complexity index is 489. The summed E-state index contributed by atoms with van der Waals surface area (Å²) in [5, 5.41) is 8.36. The Hall–Kier alpha value is -2.12. The molecule has 0 spiro atoms. The zero-order chi connectivity index (χ0) is 14.5. The van der Waals surface area contributed by atoms with E-state index >= 15 is 0 Å². The largest absolute Gasteiger partial charge is 0.375 e. The summed E-state index contributed by atoms with van der Waals surface area (Å²) in [4.78, 5) is 22.8. The molecule has 2 atom stereocenters. The second-order valence-corrected chi connectivity index (χ2v) is 4.56. The van der Waals surface area contributed by atoms with Gasteiger partial charge in [-0.1, -0.05) is 0 Å². The lowest BCUT2D eigenvalue weighted by Gasteiger charge is -2.29. The number of primary amides is 1. The first-order valence-electron chi connectivity index (χ1n) is 6.38. The van der Waals surface area contributed by atoms with Crippen molar-refractivity contribution < 1.29 is 14.3 Å². The Balaban J connectivity index is 1.95. The van der Waals surface area contributed by atoms with Crippen molar-refractivity contribution in [1.82, 2.24) is 5.32 Å². The molecule has 108 valence electrons. The van der Waals surface area contributed by atoms with Gasteiger partial charge in [-0.05, 0) is 31.2 Å². The topological polar surface area (TPSA) is 105 Å². The second-order valence-electron chi connectivity index (χ2n) is 4.56. The van der Waals surface area contributed by atoms with Gasteiger partial charge in [-0.15, -0.1) is 0 Å². The molecular weight excluding hydrogens is 260 g/mol. The van der Waals surface area contributed by atoms with Crippen LogP contribution in [0.25, 0.3) is 0 Å². The number of nitrogens with one attached hydrogen (secondary N) is 3. The molecule has 0 saturated carbocycles. The van der Waals surface area contributed by atoms with Crippen molar-refractivity contribution in [2.45, 2.75) is 19.1 Å². The molecule has 1 aromatic carbocycles. The van der Waals surface area contributed by atoms with E-state index in [1.807, 2.05) is 6.92 Å². The number of carbonyl (C=O) groups excluding carboxylic acids is 2. The molecule has 1 aliphatic rings. The number of nitrogens with two attached hydrogens (primary N) is 1. The minimum atomic E-state index is -0.626. The molecule has 3 amide bonds. The van der Waals surface area contributed by atoms with Gasteiger partial charge in [0.25, 0.3) is 0 Å². The maximum atomic E-state index is 12.1. The number of carbonyl (C=O) groups is 2. The van der Waals surface area contributed by atoms with Crippen molar-refractivity contribution >= 4 is 23.3 Å². The summed E-state index contributed by atoms with van der Waals surface area (Å²) >= 11 is 0. The quantitative estimate of drug-likeness (QED) is 0.645. The van der Waals surface area contributed by atoms with Crippen LogP contribution in [0.2, 0.25) is 0 Å². The third-order valence-electron chi connectivity index (χ3n) is 3.02. The van der Waals surface area contributed by atoms with Crippen LogP contribution in [0, 0.1) is 0 Å². The molecule has 1 saturated heterocycles. The lowest BCUT2D eigenvalue weighted by Crippen LogP contribution is -2.53. The Morgan fingerprint density at radius 1 is 1.25 bits per heavy atom. The van der Waals surface area contributed by atoms with Gasteiger partial charge in [-0.3, -0.25) is 4.79 Å². The van der Waals surface area contributed by atoms with E-state index in [2.05, 4.69) is 16.0 Å². The Kier molecular flexibility index (Phi) is 4.54. The highest BCUT2D eigenvalue weighted by Gasteiger charge is 2.28. The van der Waals surface area contributed by atoms with E-state index in [1.165, 1.54) is 0 Å². The predicted octanol–water partition coefficient (Wildman–Crippen LogP) is 0.493. The standard InChI is InChI=1S/C13H18N4O3/c1-8-11(15-6-7-20-8)12(18)16-9-2-4-10(5-3-9)17-13(14)19/h2-5,8,11,15H,6-7H2,1H3,(H,16,18)(H3,14,17,19)/t8-,11+/m1/s1. The van der Waals surface area contributed by atoms with E-state index in [-0.39, 0.29) is 18.1 Å². The molecule has 1 aromatic rings. The van der Waals surface area contributed by atoms with Crippen molar-refractivity contribution in [3.8, 4) is 0 Å². The number of morpholine rings is 1. The fourth-order valence-corrected chi connectivity index (χ4v) is 2.03. The van der Waals surface area contributed by atoms with E-state index in [0.29, 0.717) is 24.5 Å². The molecule has 5 N–H and O–H groups in total.